The number of rotatable bonds is 4. The number of fused-ring (bicyclic) bond motifs is 1. The van der Waals surface area contributed by atoms with Crippen LogP contribution in [0.2, 0.25) is 0 Å². The summed E-state index contributed by atoms with van der Waals surface area (Å²) in [7, 11) is 1.28. The number of nitrogens with zero attached hydrogens (tertiary/aromatic N) is 4. The number of aromatic nitrogens is 3. The molecule has 2 heterocycles. The Morgan fingerprint density at radius 3 is 2.64 bits per heavy atom. The fourth-order valence-corrected chi connectivity index (χ4v) is 3.13. The summed E-state index contributed by atoms with van der Waals surface area (Å²) in [6.45, 7) is 0.161. The highest BCUT2D eigenvalue weighted by Gasteiger charge is 2.33. The van der Waals surface area contributed by atoms with Crippen molar-refractivity contribution in [1.29, 1.82) is 0 Å². The Bertz CT molecular complexity index is 1130. The standard InChI is InChI=1S/C19H15FN4O4/c1-28-17(25)13-4-2-3-12(9-13)10-23-18(26)21-16-11-22(19(27)24(16)23)15-7-5-14(20)6-8-15/h2-9H,10-11H2,1H3. The molecule has 8 nitrogen and oxygen atoms in total. The molecule has 3 aromatic rings. The zero-order valence-electron chi connectivity index (χ0n) is 14.8. The number of halogens is 1. The first-order chi connectivity index (χ1) is 13.5. The van der Waals surface area contributed by atoms with E-state index >= 15 is 0 Å². The molecule has 9 heteroatoms. The number of ether oxygens (including phenoxy) is 1. The van der Waals surface area contributed by atoms with E-state index in [0.717, 1.165) is 0 Å². The minimum atomic E-state index is -0.564. The molecule has 0 saturated carbocycles. The molecule has 1 amide bonds. The Balaban J connectivity index is 1.66. The van der Waals surface area contributed by atoms with Gasteiger partial charge in [-0.2, -0.15) is 9.67 Å². The first-order valence-electron chi connectivity index (χ1n) is 8.41. The molecule has 2 aromatic carbocycles. The van der Waals surface area contributed by atoms with Crippen LogP contribution in [0.1, 0.15) is 21.7 Å². The first kappa shape index (κ1) is 17.7. The maximum atomic E-state index is 13.1. The number of hydrogen-bond acceptors (Lipinski definition) is 5. The van der Waals surface area contributed by atoms with E-state index in [2.05, 4.69) is 4.98 Å². The zero-order valence-corrected chi connectivity index (χ0v) is 14.8. The van der Waals surface area contributed by atoms with Gasteiger partial charge in [0.15, 0.2) is 5.82 Å². The predicted octanol–water partition coefficient (Wildman–Crippen LogP) is 2.01. The highest BCUT2D eigenvalue weighted by molar-refractivity contribution is 5.95. The largest absolute Gasteiger partial charge is 0.465 e. The van der Waals surface area contributed by atoms with Crippen LogP contribution in [-0.2, 0) is 17.8 Å². The van der Waals surface area contributed by atoms with Gasteiger partial charge in [0.1, 0.15) is 5.82 Å². The van der Waals surface area contributed by atoms with Crippen LogP contribution in [0.5, 0.6) is 0 Å². The molecule has 0 radical (unpaired) electrons. The van der Waals surface area contributed by atoms with Gasteiger partial charge < -0.3 is 4.74 Å². The molecule has 142 valence electrons. The summed E-state index contributed by atoms with van der Waals surface area (Å²) in [6, 6.07) is 11.6. The highest BCUT2D eigenvalue weighted by atomic mass is 19.1. The summed E-state index contributed by atoms with van der Waals surface area (Å²) >= 11 is 0. The van der Waals surface area contributed by atoms with E-state index in [1.807, 2.05) is 0 Å². The molecule has 0 N–H and O–H groups in total. The summed E-state index contributed by atoms with van der Waals surface area (Å²) < 4.78 is 20.3. The lowest BCUT2D eigenvalue weighted by Crippen LogP contribution is -2.34. The summed E-state index contributed by atoms with van der Waals surface area (Å²) in [5, 5.41) is 0. The maximum absolute atomic E-state index is 13.1. The van der Waals surface area contributed by atoms with Gasteiger partial charge in [-0.25, -0.2) is 23.5 Å². The lowest BCUT2D eigenvalue weighted by atomic mass is 10.1. The van der Waals surface area contributed by atoms with Crippen LogP contribution < -0.4 is 10.6 Å². The summed E-state index contributed by atoms with van der Waals surface area (Å²) in [4.78, 5) is 42.2. The minimum absolute atomic E-state index is 0.0552. The SMILES string of the molecule is COC(=O)c1cccc(Cn2c(=O)nc3n2C(=O)N(c2ccc(F)cc2)C3)c1. The van der Waals surface area contributed by atoms with Gasteiger partial charge in [-0.1, -0.05) is 12.1 Å². The van der Waals surface area contributed by atoms with Crippen molar-refractivity contribution in [3.05, 3.63) is 81.8 Å². The Kier molecular flexibility index (Phi) is 4.26. The zero-order chi connectivity index (χ0) is 19.8. The molecule has 4 rings (SSSR count). The van der Waals surface area contributed by atoms with E-state index in [4.69, 9.17) is 4.74 Å². The van der Waals surface area contributed by atoms with E-state index in [1.165, 1.54) is 45.6 Å². The van der Waals surface area contributed by atoms with Crippen molar-refractivity contribution >= 4 is 17.7 Å². The molecule has 0 unspecified atom stereocenters. The Hall–Kier alpha value is -3.75. The summed E-state index contributed by atoms with van der Waals surface area (Å²) in [5.74, 6) is -0.606. The number of carbonyl (C=O) groups is 2. The van der Waals surface area contributed by atoms with Crippen LogP contribution >= 0.6 is 0 Å². The normalized spacial score (nSPS) is 12.9. The second-order valence-electron chi connectivity index (χ2n) is 6.22. The van der Waals surface area contributed by atoms with Crippen LogP contribution in [0, 0.1) is 5.82 Å². The molecular weight excluding hydrogens is 367 g/mol. The van der Waals surface area contributed by atoms with Crippen molar-refractivity contribution in [2.24, 2.45) is 0 Å². The molecular formula is C19H15FN4O4. The van der Waals surface area contributed by atoms with Crippen molar-refractivity contribution in [3.8, 4) is 0 Å². The van der Waals surface area contributed by atoms with E-state index in [9.17, 15) is 18.8 Å². The third-order valence-corrected chi connectivity index (χ3v) is 4.46. The third kappa shape index (κ3) is 2.96. The highest BCUT2D eigenvalue weighted by Crippen LogP contribution is 2.23. The van der Waals surface area contributed by atoms with Crippen LogP contribution in [0.3, 0.4) is 0 Å². The number of anilines is 1. The van der Waals surface area contributed by atoms with Crippen molar-refractivity contribution in [2.75, 3.05) is 12.0 Å². The number of amides is 1. The second-order valence-corrected chi connectivity index (χ2v) is 6.22. The minimum Gasteiger partial charge on any atom is -0.465 e. The molecule has 0 fully saturated rings. The maximum Gasteiger partial charge on any atom is 0.364 e. The average molecular weight is 382 g/mol. The fraction of sp³-hybridized carbons (Fsp3) is 0.158. The van der Waals surface area contributed by atoms with E-state index in [0.29, 0.717) is 22.6 Å². The van der Waals surface area contributed by atoms with Crippen molar-refractivity contribution in [1.82, 2.24) is 14.3 Å². The van der Waals surface area contributed by atoms with E-state index < -0.39 is 23.5 Å². The van der Waals surface area contributed by atoms with Gasteiger partial charge in [-0.3, -0.25) is 4.90 Å². The number of carbonyl (C=O) groups excluding carboxylic acids is 2. The van der Waals surface area contributed by atoms with Gasteiger partial charge >= 0.3 is 17.7 Å². The van der Waals surface area contributed by atoms with E-state index in [-0.39, 0.29) is 13.1 Å². The Labute approximate surface area is 158 Å². The Morgan fingerprint density at radius 2 is 1.93 bits per heavy atom. The Morgan fingerprint density at radius 1 is 1.18 bits per heavy atom. The van der Waals surface area contributed by atoms with Gasteiger partial charge in [-0.05, 0) is 42.0 Å². The molecule has 1 aliphatic rings. The molecule has 0 saturated heterocycles. The van der Waals surface area contributed by atoms with Gasteiger partial charge in [0, 0.05) is 5.69 Å². The van der Waals surface area contributed by atoms with Crippen molar-refractivity contribution < 1.29 is 18.7 Å². The van der Waals surface area contributed by atoms with Gasteiger partial charge in [0.25, 0.3) is 0 Å². The lowest BCUT2D eigenvalue weighted by molar-refractivity contribution is 0.0600. The summed E-state index contributed by atoms with van der Waals surface area (Å²) in [5.41, 5.74) is 0.920. The molecule has 0 aliphatic carbocycles. The van der Waals surface area contributed by atoms with Crippen molar-refractivity contribution in [3.63, 3.8) is 0 Å². The van der Waals surface area contributed by atoms with Crippen LogP contribution in [0.4, 0.5) is 14.9 Å². The number of methoxy groups -OCH3 is 1. The fourth-order valence-electron chi connectivity index (χ4n) is 3.13. The van der Waals surface area contributed by atoms with Crippen LogP contribution in [-0.4, -0.2) is 33.5 Å². The second kappa shape index (κ2) is 6.76. The van der Waals surface area contributed by atoms with Crippen LogP contribution in [0.25, 0.3) is 0 Å². The van der Waals surface area contributed by atoms with Gasteiger partial charge in [-0.15, -0.1) is 0 Å². The predicted molar refractivity (Wildman–Crippen MR) is 96.7 cm³/mol. The van der Waals surface area contributed by atoms with Gasteiger partial charge in [0.05, 0.1) is 25.8 Å². The quantitative estimate of drug-likeness (QED) is 0.645. The van der Waals surface area contributed by atoms with Gasteiger partial charge in [0.2, 0.25) is 0 Å². The summed E-state index contributed by atoms with van der Waals surface area (Å²) in [6.07, 6.45) is 0. The number of benzene rings is 2. The molecule has 28 heavy (non-hydrogen) atoms. The van der Waals surface area contributed by atoms with E-state index in [1.54, 1.807) is 24.3 Å². The molecule has 0 spiro atoms. The topological polar surface area (TPSA) is 86.4 Å². The average Bonchev–Trinajstić information content (AvgIpc) is 3.18. The monoisotopic (exact) mass is 382 g/mol. The first-order valence-corrected chi connectivity index (χ1v) is 8.41. The third-order valence-electron chi connectivity index (χ3n) is 4.46. The van der Waals surface area contributed by atoms with Crippen molar-refractivity contribution in [2.45, 2.75) is 13.1 Å². The molecule has 0 bridgehead atoms. The van der Waals surface area contributed by atoms with Crippen LogP contribution in [0.15, 0.2) is 53.3 Å². The molecule has 1 aliphatic heterocycles. The molecule has 1 aromatic heterocycles. The number of esters is 1. The lowest BCUT2D eigenvalue weighted by Gasteiger charge is -2.15. The smallest absolute Gasteiger partial charge is 0.364 e. The molecule has 0 atom stereocenters. The number of hydrogen-bond donors (Lipinski definition) is 0.